The van der Waals surface area contributed by atoms with Crippen LogP contribution in [-0.2, 0) is 19.1 Å². The van der Waals surface area contributed by atoms with Gasteiger partial charge in [0.2, 0.25) is 0 Å². The van der Waals surface area contributed by atoms with Crippen molar-refractivity contribution in [1.29, 1.82) is 0 Å². The van der Waals surface area contributed by atoms with E-state index in [0.717, 1.165) is 19.3 Å². The van der Waals surface area contributed by atoms with E-state index in [9.17, 15) is 14.4 Å². The van der Waals surface area contributed by atoms with E-state index in [1.54, 1.807) is 13.2 Å². The second-order valence-electron chi connectivity index (χ2n) is 7.61. The van der Waals surface area contributed by atoms with Crippen molar-refractivity contribution in [1.82, 2.24) is 10.4 Å². The van der Waals surface area contributed by atoms with Crippen LogP contribution in [0.25, 0.3) is 0 Å². The third-order valence-corrected chi connectivity index (χ3v) is 7.30. The summed E-state index contributed by atoms with van der Waals surface area (Å²) >= 11 is 7.41. The molecule has 2 amide bonds. The van der Waals surface area contributed by atoms with Gasteiger partial charge in [0, 0.05) is 12.5 Å². The molecule has 2 heterocycles. The van der Waals surface area contributed by atoms with E-state index < -0.39 is 0 Å². The first-order chi connectivity index (χ1) is 13.0. The minimum atomic E-state index is -0.362. The van der Waals surface area contributed by atoms with Gasteiger partial charge in [-0.3, -0.25) is 15.0 Å². The number of hydrogen-bond acceptors (Lipinski definition) is 6. The zero-order valence-electron chi connectivity index (χ0n) is 15.1. The SMILES string of the molecule is COC1CC(/C=C2\C(=O)NN(C3CCCC(Cl)C3)C2=O)CC2SC(=O)OC12. The Kier molecular flexibility index (Phi) is 5.40. The molecule has 0 spiro atoms. The zero-order valence-corrected chi connectivity index (χ0v) is 16.6. The number of hydrogen-bond donors (Lipinski definition) is 1. The van der Waals surface area contributed by atoms with Crippen LogP contribution < -0.4 is 5.43 Å². The second kappa shape index (κ2) is 7.64. The molecule has 7 nitrogen and oxygen atoms in total. The average Bonchev–Trinajstić information content (AvgIpc) is 3.14. The van der Waals surface area contributed by atoms with Gasteiger partial charge in [-0.25, -0.2) is 9.80 Å². The molecule has 27 heavy (non-hydrogen) atoms. The molecular weight excluding hydrogens is 392 g/mol. The number of nitrogens with one attached hydrogen (secondary N) is 1. The second-order valence-corrected chi connectivity index (χ2v) is 9.40. The molecule has 6 atom stereocenters. The number of ether oxygens (including phenoxy) is 2. The highest BCUT2D eigenvalue weighted by molar-refractivity contribution is 8.14. The fourth-order valence-corrected chi connectivity index (χ4v) is 6.01. The number of fused-ring (bicyclic) bond motifs is 1. The van der Waals surface area contributed by atoms with Gasteiger partial charge < -0.3 is 9.47 Å². The molecule has 2 aliphatic heterocycles. The molecule has 0 aromatic carbocycles. The Morgan fingerprint density at radius 2 is 2.07 bits per heavy atom. The molecule has 9 heteroatoms. The van der Waals surface area contributed by atoms with Gasteiger partial charge in [-0.15, -0.1) is 11.6 Å². The Morgan fingerprint density at radius 1 is 1.26 bits per heavy atom. The van der Waals surface area contributed by atoms with Crippen LogP contribution in [-0.4, -0.2) is 58.1 Å². The number of nitrogens with zero attached hydrogens (tertiary/aromatic N) is 1. The molecule has 2 saturated heterocycles. The maximum absolute atomic E-state index is 12.8. The summed E-state index contributed by atoms with van der Waals surface area (Å²) in [6, 6.07) is -0.0533. The summed E-state index contributed by atoms with van der Waals surface area (Å²) < 4.78 is 10.8. The molecule has 2 saturated carbocycles. The third kappa shape index (κ3) is 3.71. The van der Waals surface area contributed by atoms with Gasteiger partial charge >= 0.3 is 5.30 Å². The lowest BCUT2D eigenvalue weighted by molar-refractivity contribution is -0.131. The fraction of sp³-hybridized carbons (Fsp3) is 0.722. The number of alkyl halides is 1. The van der Waals surface area contributed by atoms with Crippen molar-refractivity contribution in [3.63, 3.8) is 0 Å². The number of amides is 2. The first-order valence-corrected chi connectivity index (χ1v) is 10.7. The molecule has 0 aromatic rings. The average molecular weight is 415 g/mol. The van der Waals surface area contributed by atoms with Crippen molar-refractivity contribution in [2.24, 2.45) is 5.92 Å². The van der Waals surface area contributed by atoms with Crippen LogP contribution in [0.1, 0.15) is 38.5 Å². The summed E-state index contributed by atoms with van der Waals surface area (Å²) in [5, 5.41) is 1.20. The highest BCUT2D eigenvalue weighted by atomic mass is 35.5. The molecule has 4 rings (SSSR count). The Hall–Kier alpha value is -1.25. The van der Waals surface area contributed by atoms with Crippen molar-refractivity contribution >= 4 is 40.5 Å². The molecule has 0 aromatic heterocycles. The maximum Gasteiger partial charge on any atom is 0.368 e. The summed E-state index contributed by atoms with van der Waals surface area (Å²) in [6.07, 6.45) is 5.99. The standard InChI is InChI=1S/C18H23ClN2O5S/c1-25-13-6-9(7-14-15(13)26-18(24)27-14)5-12-16(22)20-21(17(12)23)11-4-2-3-10(19)8-11/h5,9-11,13-15H,2-4,6-8H2,1H3,(H,20,22)/b12-5+. The smallest absolute Gasteiger partial charge is 0.368 e. The molecule has 0 bridgehead atoms. The summed E-state index contributed by atoms with van der Waals surface area (Å²) in [7, 11) is 1.59. The van der Waals surface area contributed by atoms with Gasteiger partial charge in [0.1, 0.15) is 11.7 Å². The number of rotatable bonds is 3. The largest absolute Gasteiger partial charge is 0.450 e. The van der Waals surface area contributed by atoms with Crippen molar-refractivity contribution in [2.45, 2.75) is 67.4 Å². The minimum Gasteiger partial charge on any atom is -0.450 e. The summed E-state index contributed by atoms with van der Waals surface area (Å²) in [5.74, 6) is -0.660. The Labute approximate surface area is 167 Å². The van der Waals surface area contributed by atoms with Gasteiger partial charge in [-0.2, -0.15) is 0 Å². The van der Waals surface area contributed by atoms with Crippen LogP contribution in [0, 0.1) is 5.92 Å². The molecule has 2 aliphatic carbocycles. The van der Waals surface area contributed by atoms with Gasteiger partial charge in [0.25, 0.3) is 11.8 Å². The Morgan fingerprint density at radius 3 is 2.81 bits per heavy atom. The van der Waals surface area contributed by atoms with E-state index in [1.165, 1.54) is 16.8 Å². The fourth-order valence-electron chi connectivity index (χ4n) is 4.52. The van der Waals surface area contributed by atoms with Crippen molar-refractivity contribution < 1.29 is 23.9 Å². The lowest BCUT2D eigenvalue weighted by Crippen LogP contribution is -2.46. The van der Waals surface area contributed by atoms with Crippen LogP contribution in [0.5, 0.6) is 0 Å². The van der Waals surface area contributed by atoms with E-state index in [4.69, 9.17) is 21.1 Å². The van der Waals surface area contributed by atoms with Crippen molar-refractivity contribution in [3.8, 4) is 0 Å². The Bertz CT molecular complexity index is 687. The third-order valence-electron chi connectivity index (χ3n) is 5.85. The van der Waals surface area contributed by atoms with Gasteiger partial charge in [-0.05, 0) is 56.2 Å². The summed E-state index contributed by atoms with van der Waals surface area (Å²) in [6.45, 7) is 0. The molecular formula is C18H23ClN2O5S. The van der Waals surface area contributed by atoms with Crippen LogP contribution in [0.3, 0.4) is 0 Å². The molecule has 1 N–H and O–H groups in total. The predicted molar refractivity (Wildman–Crippen MR) is 100 cm³/mol. The summed E-state index contributed by atoms with van der Waals surface area (Å²) in [5.41, 5.74) is 2.90. The topological polar surface area (TPSA) is 84.9 Å². The molecule has 4 aliphatic rings. The molecule has 148 valence electrons. The lowest BCUT2D eigenvalue weighted by atomic mass is 9.83. The number of halogens is 1. The first-order valence-electron chi connectivity index (χ1n) is 9.36. The lowest BCUT2D eigenvalue weighted by Gasteiger charge is -2.34. The highest BCUT2D eigenvalue weighted by Gasteiger charge is 2.47. The molecule has 4 fully saturated rings. The normalized spacial score (nSPS) is 40.9. The monoisotopic (exact) mass is 414 g/mol. The molecule has 0 radical (unpaired) electrons. The van der Waals surface area contributed by atoms with Crippen molar-refractivity contribution in [2.75, 3.05) is 7.11 Å². The maximum atomic E-state index is 12.8. The number of hydrazine groups is 1. The van der Waals surface area contributed by atoms with E-state index >= 15 is 0 Å². The number of carbonyl (C=O) groups is 3. The number of methoxy groups -OCH3 is 1. The predicted octanol–water partition coefficient (Wildman–Crippen LogP) is 2.38. The van der Waals surface area contributed by atoms with Crippen LogP contribution in [0.4, 0.5) is 4.79 Å². The molecule has 6 unspecified atom stereocenters. The van der Waals surface area contributed by atoms with Crippen LogP contribution in [0.15, 0.2) is 11.6 Å². The van der Waals surface area contributed by atoms with Crippen LogP contribution in [0.2, 0.25) is 0 Å². The number of thioether (sulfide) groups is 1. The van der Waals surface area contributed by atoms with E-state index in [1.807, 2.05) is 0 Å². The Balaban J connectivity index is 1.49. The highest BCUT2D eigenvalue weighted by Crippen LogP contribution is 2.42. The van der Waals surface area contributed by atoms with E-state index in [2.05, 4.69) is 5.43 Å². The quantitative estimate of drug-likeness (QED) is 0.330. The van der Waals surface area contributed by atoms with Crippen LogP contribution >= 0.6 is 23.4 Å². The van der Waals surface area contributed by atoms with Gasteiger partial charge in [0.05, 0.1) is 17.4 Å². The first kappa shape index (κ1) is 19.1. The van der Waals surface area contributed by atoms with Gasteiger partial charge in [0.15, 0.2) is 0 Å². The van der Waals surface area contributed by atoms with Crippen molar-refractivity contribution in [3.05, 3.63) is 11.6 Å². The summed E-state index contributed by atoms with van der Waals surface area (Å²) in [4.78, 5) is 36.9. The zero-order chi connectivity index (χ0) is 19.1. The van der Waals surface area contributed by atoms with Gasteiger partial charge in [-0.1, -0.05) is 6.08 Å². The number of carbonyl (C=O) groups excluding carboxylic acids is 3. The van der Waals surface area contributed by atoms with E-state index in [-0.39, 0.29) is 57.5 Å². The minimum absolute atomic E-state index is 0.0101. The van der Waals surface area contributed by atoms with E-state index in [0.29, 0.717) is 19.3 Å². The number of allylic oxidation sites excluding steroid dienone is 1.